The largest absolute Gasteiger partial charge is 0.354 e. The highest BCUT2D eigenvalue weighted by molar-refractivity contribution is 7.99. The van der Waals surface area contributed by atoms with Crippen LogP contribution in [-0.4, -0.2) is 62.7 Å². The molecular weight excluding hydrogens is 570 g/mol. The van der Waals surface area contributed by atoms with Gasteiger partial charge in [0.25, 0.3) is 0 Å². The van der Waals surface area contributed by atoms with Crippen LogP contribution in [0.3, 0.4) is 0 Å². The zero-order valence-corrected chi connectivity index (χ0v) is 28.1. The van der Waals surface area contributed by atoms with Crippen LogP contribution >= 0.6 is 11.8 Å². The maximum Gasteiger partial charge on any atom is 0.246 e. The molecular formula is C35H55N5O3S. The Morgan fingerprint density at radius 1 is 0.955 bits per heavy atom. The van der Waals surface area contributed by atoms with Crippen LogP contribution in [0.1, 0.15) is 108 Å². The smallest absolute Gasteiger partial charge is 0.246 e. The normalized spacial score (nSPS) is 15.2. The van der Waals surface area contributed by atoms with Crippen LogP contribution in [0, 0.1) is 5.92 Å². The standard InChI is InChI=1S/C35H55N5O3S/c1-4-5-6-7-8-9-10-11-12-15-20-44-21-16-19-37-34(42)31-22-28-17-13-14-18-29(28)25-40(31)35(43)33(27(2)3)39-32(41)23-30-24-36-26-38-30/h13-14,17-18,24,26-27,31,33H,4-12,15-16,19-23,25H2,1-3H3,(H,36,38)(H,37,42)(H,39,41)/t31-,33-/m0/s1. The van der Waals surface area contributed by atoms with Crippen LogP contribution in [0.2, 0.25) is 0 Å². The van der Waals surface area contributed by atoms with E-state index in [2.05, 4.69) is 27.5 Å². The monoisotopic (exact) mass is 625 g/mol. The Hall–Kier alpha value is -2.81. The average Bonchev–Trinajstić information content (AvgIpc) is 3.53. The fourth-order valence-corrected chi connectivity index (χ4v) is 6.72. The number of carbonyl (C=O) groups excluding carboxylic acids is 3. The Labute approximate surface area is 269 Å². The van der Waals surface area contributed by atoms with Crippen LogP contribution in [0.25, 0.3) is 0 Å². The minimum Gasteiger partial charge on any atom is -0.354 e. The molecule has 2 atom stereocenters. The lowest BCUT2D eigenvalue weighted by atomic mass is 9.91. The number of hydrogen-bond acceptors (Lipinski definition) is 5. The maximum atomic E-state index is 13.9. The zero-order chi connectivity index (χ0) is 31.6. The summed E-state index contributed by atoms with van der Waals surface area (Å²) in [6, 6.07) is 6.64. The van der Waals surface area contributed by atoms with Crippen molar-refractivity contribution in [2.75, 3.05) is 18.1 Å². The number of aromatic nitrogens is 2. The van der Waals surface area contributed by atoms with Gasteiger partial charge in [0.1, 0.15) is 12.1 Å². The van der Waals surface area contributed by atoms with Crippen molar-refractivity contribution in [1.29, 1.82) is 0 Å². The number of nitrogens with zero attached hydrogens (tertiary/aromatic N) is 2. The van der Waals surface area contributed by atoms with Crippen molar-refractivity contribution in [3.63, 3.8) is 0 Å². The summed E-state index contributed by atoms with van der Waals surface area (Å²) in [6.45, 7) is 7.04. The van der Waals surface area contributed by atoms with Gasteiger partial charge in [-0.15, -0.1) is 0 Å². The number of imidazole rings is 1. The van der Waals surface area contributed by atoms with Crippen molar-refractivity contribution < 1.29 is 14.4 Å². The van der Waals surface area contributed by atoms with Gasteiger partial charge in [0.05, 0.1) is 12.7 Å². The SMILES string of the molecule is CCCCCCCCCCCCSCCCNC(=O)[C@@H]1Cc2ccccc2CN1C(=O)[C@@H](NC(=O)Cc1cnc[nH]1)C(C)C. The number of amides is 3. The van der Waals surface area contributed by atoms with E-state index in [1.807, 2.05) is 49.9 Å². The van der Waals surface area contributed by atoms with Crippen LogP contribution in [0.5, 0.6) is 0 Å². The van der Waals surface area contributed by atoms with Crippen LogP contribution < -0.4 is 10.6 Å². The lowest BCUT2D eigenvalue weighted by Crippen LogP contribution is -2.59. The molecule has 1 aromatic heterocycles. The minimum absolute atomic E-state index is 0.112. The van der Waals surface area contributed by atoms with Gasteiger partial charge in [-0.05, 0) is 41.4 Å². The van der Waals surface area contributed by atoms with Gasteiger partial charge < -0.3 is 20.5 Å². The van der Waals surface area contributed by atoms with E-state index < -0.39 is 12.1 Å². The third-order valence-corrected chi connectivity index (χ3v) is 9.55. The summed E-state index contributed by atoms with van der Waals surface area (Å²) in [5.41, 5.74) is 2.82. The third-order valence-electron chi connectivity index (χ3n) is 8.40. The highest BCUT2D eigenvalue weighted by atomic mass is 32.2. The average molecular weight is 626 g/mol. The van der Waals surface area contributed by atoms with Crippen molar-refractivity contribution in [3.8, 4) is 0 Å². The van der Waals surface area contributed by atoms with Crippen LogP contribution in [0.15, 0.2) is 36.8 Å². The van der Waals surface area contributed by atoms with Crippen molar-refractivity contribution in [2.45, 2.75) is 123 Å². The second kappa shape index (κ2) is 20.3. The number of thioether (sulfide) groups is 1. The van der Waals surface area contributed by atoms with E-state index in [9.17, 15) is 14.4 Å². The fourth-order valence-electron chi connectivity index (χ4n) is 5.76. The number of hydrogen-bond donors (Lipinski definition) is 3. The molecule has 244 valence electrons. The molecule has 0 aliphatic carbocycles. The molecule has 0 bridgehead atoms. The van der Waals surface area contributed by atoms with Gasteiger partial charge in [0, 0.05) is 31.4 Å². The van der Waals surface area contributed by atoms with Crippen molar-refractivity contribution in [2.24, 2.45) is 5.92 Å². The van der Waals surface area contributed by atoms with Gasteiger partial charge in [-0.3, -0.25) is 14.4 Å². The summed E-state index contributed by atoms with van der Waals surface area (Å²) in [7, 11) is 0. The number of nitrogens with one attached hydrogen (secondary N) is 3. The quantitative estimate of drug-likeness (QED) is 0.143. The van der Waals surface area contributed by atoms with E-state index in [0.29, 0.717) is 25.2 Å². The minimum atomic E-state index is -0.729. The fraction of sp³-hybridized carbons (Fsp3) is 0.657. The Bertz CT molecular complexity index is 1120. The van der Waals surface area contributed by atoms with E-state index in [4.69, 9.17) is 0 Å². The van der Waals surface area contributed by atoms with Crippen LogP contribution in [0.4, 0.5) is 0 Å². The predicted molar refractivity (Wildman–Crippen MR) is 180 cm³/mol. The maximum absolute atomic E-state index is 13.9. The molecule has 3 N–H and O–H groups in total. The Balaban J connectivity index is 1.43. The summed E-state index contributed by atoms with van der Waals surface area (Å²) in [5.74, 6) is 1.45. The number of rotatable bonds is 21. The number of H-pyrrole nitrogens is 1. The Morgan fingerprint density at radius 2 is 1.61 bits per heavy atom. The third kappa shape index (κ3) is 12.3. The lowest BCUT2D eigenvalue weighted by Gasteiger charge is -2.38. The van der Waals surface area contributed by atoms with E-state index in [1.165, 1.54) is 76.3 Å². The molecule has 0 spiro atoms. The van der Waals surface area contributed by atoms with E-state index in [0.717, 1.165) is 23.3 Å². The van der Waals surface area contributed by atoms with Gasteiger partial charge in [0.2, 0.25) is 17.7 Å². The number of unbranched alkanes of at least 4 members (excludes halogenated alkanes) is 9. The van der Waals surface area contributed by atoms with Crippen LogP contribution in [-0.2, 0) is 33.8 Å². The summed E-state index contributed by atoms with van der Waals surface area (Å²) < 4.78 is 0. The molecule has 44 heavy (non-hydrogen) atoms. The molecule has 3 amide bonds. The van der Waals surface area contributed by atoms with Crippen molar-refractivity contribution >= 4 is 29.5 Å². The first-order chi connectivity index (χ1) is 21.4. The van der Waals surface area contributed by atoms with Crippen molar-refractivity contribution in [1.82, 2.24) is 25.5 Å². The number of fused-ring (bicyclic) bond motifs is 1. The van der Waals surface area contributed by atoms with E-state index in [-0.39, 0.29) is 30.1 Å². The molecule has 1 aliphatic heterocycles. The van der Waals surface area contributed by atoms with Gasteiger partial charge in [-0.1, -0.05) is 103 Å². The first-order valence-corrected chi connectivity index (χ1v) is 18.1. The molecule has 0 fully saturated rings. The molecule has 0 saturated heterocycles. The van der Waals surface area contributed by atoms with Gasteiger partial charge in [-0.2, -0.15) is 11.8 Å². The lowest BCUT2D eigenvalue weighted by molar-refractivity contribution is -0.145. The van der Waals surface area contributed by atoms with Gasteiger partial charge >= 0.3 is 0 Å². The molecule has 1 aromatic carbocycles. The topological polar surface area (TPSA) is 107 Å². The highest BCUT2D eigenvalue weighted by Gasteiger charge is 2.38. The second-order valence-electron chi connectivity index (χ2n) is 12.4. The summed E-state index contributed by atoms with van der Waals surface area (Å²) >= 11 is 1.97. The Morgan fingerprint density at radius 3 is 2.27 bits per heavy atom. The molecule has 8 nitrogen and oxygen atoms in total. The molecule has 0 unspecified atom stereocenters. The Kier molecular flexibility index (Phi) is 16.4. The summed E-state index contributed by atoms with van der Waals surface area (Å²) in [6.07, 6.45) is 18.1. The molecule has 9 heteroatoms. The van der Waals surface area contributed by atoms with E-state index in [1.54, 1.807) is 11.1 Å². The van der Waals surface area contributed by atoms with Gasteiger partial charge in [0.15, 0.2) is 0 Å². The van der Waals surface area contributed by atoms with E-state index >= 15 is 0 Å². The number of benzene rings is 1. The molecule has 3 rings (SSSR count). The number of aromatic amines is 1. The summed E-state index contributed by atoms with van der Waals surface area (Å²) in [5, 5.41) is 6.03. The highest BCUT2D eigenvalue weighted by Crippen LogP contribution is 2.25. The second-order valence-corrected chi connectivity index (χ2v) is 13.7. The first kappa shape index (κ1) is 35.7. The number of carbonyl (C=O) groups is 3. The first-order valence-electron chi connectivity index (χ1n) is 16.9. The predicted octanol–water partition coefficient (Wildman–Crippen LogP) is 6.21. The zero-order valence-electron chi connectivity index (χ0n) is 27.2. The molecule has 0 saturated carbocycles. The molecule has 0 radical (unpaired) electrons. The molecule has 2 heterocycles. The summed E-state index contributed by atoms with van der Waals surface area (Å²) in [4.78, 5) is 48.7. The molecule has 1 aliphatic rings. The molecule has 2 aromatic rings. The van der Waals surface area contributed by atoms with Crippen molar-refractivity contribution in [3.05, 3.63) is 53.6 Å². The van der Waals surface area contributed by atoms with Gasteiger partial charge in [-0.25, -0.2) is 4.98 Å².